The van der Waals surface area contributed by atoms with Crippen LogP contribution >= 0.6 is 0 Å². The maximum Gasteiger partial charge on any atom is 0.223 e. The van der Waals surface area contributed by atoms with E-state index in [9.17, 15) is 9.59 Å². The number of likely N-dealkylation sites (tertiary alicyclic amines) is 2. The Labute approximate surface area is 184 Å². The van der Waals surface area contributed by atoms with Crippen molar-refractivity contribution in [1.82, 2.24) is 24.4 Å². The van der Waals surface area contributed by atoms with Crippen molar-refractivity contribution < 1.29 is 9.59 Å². The Bertz CT molecular complexity index is 982. The lowest BCUT2D eigenvalue weighted by atomic mass is 10.0. The van der Waals surface area contributed by atoms with Crippen LogP contribution in [0.5, 0.6) is 0 Å². The largest absolute Gasteiger partial charge is 0.342 e. The second-order valence-corrected chi connectivity index (χ2v) is 9.21. The molecule has 7 nitrogen and oxygen atoms in total. The summed E-state index contributed by atoms with van der Waals surface area (Å²) in [5, 5.41) is 4.87. The van der Waals surface area contributed by atoms with E-state index in [0.29, 0.717) is 25.3 Å². The van der Waals surface area contributed by atoms with E-state index in [2.05, 4.69) is 24.8 Å². The molecule has 2 aliphatic heterocycles. The summed E-state index contributed by atoms with van der Waals surface area (Å²) >= 11 is 0. The molecule has 31 heavy (non-hydrogen) atoms. The minimum atomic E-state index is 0.214. The molecule has 0 saturated carbocycles. The summed E-state index contributed by atoms with van der Waals surface area (Å²) in [5.74, 6) is 0.729. The fourth-order valence-electron chi connectivity index (χ4n) is 5.20. The lowest BCUT2D eigenvalue weighted by Crippen LogP contribution is -2.42. The first kappa shape index (κ1) is 21.8. The summed E-state index contributed by atoms with van der Waals surface area (Å²) < 4.78 is 1.93. The summed E-state index contributed by atoms with van der Waals surface area (Å²) in [6, 6.07) is 2.41. The first-order valence-electron chi connectivity index (χ1n) is 11.8. The standard InChI is InChI=1S/C24H35N5O2/c1-5-23(30)27-13-11-19(15-27)21-14-22-25-17(3)20(18(4)29(22)26-21)9-10-24(31)28-12-7-6-8-16(28)2/h14,16,19H,5-13,15H2,1-4H3. The normalized spacial score (nSPS) is 21.8. The Balaban J connectivity index is 1.50. The third-order valence-electron chi connectivity index (χ3n) is 7.16. The highest BCUT2D eigenvalue weighted by Gasteiger charge is 2.29. The van der Waals surface area contributed by atoms with Crippen LogP contribution in [0.4, 0.5) is 0 Å². The average Bonchev–Trinajstić information content (AvgIpc) is 3.40. The van der Waals surface area contributed by atoms with Gasteiger partial charge in [0.15, 0.2) is 5.65 Å². The monoisotopic (exact) mass is 425 g/mol. The maximum absolute atomic E-state index is 12.8. The molecule has 2 aliphatic rings. The van der Waals surface area contributed by atoms with E-state index in [0.717, 1.165) is 67.2 Å². The van der Waals surface area contributed by atoms with Crippen molar-refractivity contribution in [1.29, 1.82) is 0 Å². The molecule has 2 fully saturated rings. The molecule has 2 saturated heterocycles. The van der Waals surface area contributed by atoms with E-state index >= 15 is 0 Å². The topological polar surface area (TPSA) is 70.8 Å². The summed E-state index contributed by atoms with van der Waals surface area (Å²) in [6.07, 6.45) is 6.15. The Morgan fingerprint density at radius 2 is 1.94 bits per heavy atom. The number of fused-ring (bicyclic) bond motifs is 1. The van der Waals surface area contributed by atoms with Crippen LogP contribution in [-0.4, -0.2) is 61.9 Å². The zero-order chi connectivity index (χ0) is 22.1. The molecule has 4 heterocycles. The van der Waals surface area contributed by atoms with Crippen LogP contribution in [0.2, 0.25) is 0 Å². The Morgan fingerprint density at radius 1 is 1.13 bits per heavy atom. The van der Waals surface area contributed by atoms with E-state index < -0.39 is 0 Å². The molecule has 0 radical (unpaired) electrons. The molecule has 4 rings (SSSR count). The van der Waals surface area contributed by atoms with E-state index in [1.807, 2.05) is 23.3 Å². The number of nitrogens with zero attached hydrogens (tertiary/aromatic N) is 5. The van der Waals surface area contributed by atoms with Crippen molar-refractivity contribution in [2.75, 3.05) is 19.6 Å². The smallest absolute Gasteiger partial charge is 0.223 e. The minimum absolute atomic E-state index is 0.214. The van der Waals surface area contributed by atoms with E-state index in [4.69, 9.17) is 10.1 Å². The quantitative estimate of drug-likeness (QED) is 0.736. The third kappa shape index (κ3) is 4.32. The maximum atomic E-state index is 12.8. The lowest BCUT2D eigenvalue weighted by molar-refractivity contribution is -0.134. The average molecular weight is 426 g/mol. The molecule has 7 heteroatoms. The molecule has 2 aromatic heterocycles. The molecule has 0 bridgehead atoms. The van der Waals surface area contributed by atoms with Crippen LogP contribution in [0, 0.1) is 13.8 Å². The lowest BCUT2D eigenvalue weighted by Gasteiger charge is -2.33. The highest BCUT2D eigenvalue weighted by atomic mass is 16.2. The molecule has 0 spiro atoms. The second-order valence-electron chi connectivity index (χ2n) is 9.21. The molecule has 2 atom stereocenters. The van der Waals surface area contributed by atoms with Gasteiger partial charge >= 0.3 is 0 Å². The molecule has 0 aliphatic carbocycles. The number of rotatable bonds is 5. The van der Waals surface area contributed by atoms with Crippen molar-refractivity contribution in [3.8, 4) is 0 Å². The molecule has 2 amide bonds. The zero-order valence-electron chi connectivity index (χ0n) is 19.4. The highest BCUT2D eigenvalue weighted by molar-refractivity contribution is 5.77. The van der Waals surface area contributed by atoms with Crippen molar-refractivity contribution in [3.05, 3.63) is 28.7 Å². The molecular weight excluding hydrogens is 390 g/mol. The van der Waals surface area contributed by atoms with Crippen molar-refractivity contribution >= 4 is 17.5 Å². The SMILES string of the molecule is CCC(=O)N1CCC(c2cc3nc(C)c(CCC(=O)N4CCCCC4C)c(C)n3n2)C1. The van der Waals surface area contributed by atoms with Gasteiger partial charge in [0.2, 0.25) is 11.8 Å². The molecule has 2 unspecified atom stereocenters. The molecule has 0 aromatic carbocycles. The van der Waals surface area contributed by atoms with E-state index in [1.54, 1.807) is 0 Å². The third-order valence-corrected chi connectivity index (χ3v) is 7.16. The number of amides is 2. The van der Waals surface area contributed by atoms with Gasteiger partial charge in [0.25, 0.3) is 0 Å². The first-order chi connectivity index (χ1) is 14.9. The van der Waals surface area contributed by atoms with Gasteiger partial charge in [-0.2, -0.15) is 5.10 Å². The number of aryl methyl sites for hydroxylation is 2. The van der Waals surface area contributed by atoms with Gasteiger partial charge in [0.1, 0.15) is 0 Å². The molecule has 2 aromatic rings. The van der Waals surface area contributed by atoms with Gasteiger partial charge in [-0.05, 0) is 58.4 Å². The zero-order valence-corrected chi connectivity index (χ0v) is 19.4. The number of carbonyl (C=O) groups excluding carboxylic acids is 2. The summed E-state index contributed by atoms with van der Waals surface area (Å²) in [7, 11) is 0. The predicted molar refractivity (Wildman–Crippen MR) is 120 cm³/mol. The fraction of sp³-hybridized carbons (Fsp3) is 0.667. The van der Waals surface area contributed by atoms with Gasteiger partial charge in [-0.25, -0.2) is 9.50 Å². The van der Waals surface area contributed by atoms with Crippen molar-refractivity contribution in [2.45, 2.75) is 84.6 Å². The van der Waals surface area contributed by atoms with Crippen molar-refractivity contribution in [2.24, 2.45) is 0 Å². The second kappa shape index (κ2) is 8.97. The van der Waals surface area contributed by atoms with Gasteiger partial charge < -0.3 is 9.80 Å². The van der Waals surface area contributed by atoms with E-state index in [-0.39, 0.29) is 17.7 Å². The Morgan fingerprint density at radius 3 is 2.68 bits per heavy atom. The Hall–Kier alpha value is -2.44. The van der Waals surface area contributed by atoms with Gasteiger partial charge in [-0.1, -0.05) is 6.92 Å². The van der Waals surface area contributed by atoms with Gasteiger partial charge in [0.05, 0.1) is 5.69 Å². The first-order valence-corrected chi connectivity index (χ1v) is 11.8. The molecular formula is C24H35N5O2. The molecule has 0 N–H and O–H groups in total. The van der Waals surface area contributed by atoms with Gasteiger partial charge in [-0.3, -0.25) is 9.59 Å². The molecule has 168 valence electrons. The minimum Gasteiger partial charge on any atom is -0.342 e. The van der Waals surface area contributed by atoms with Crippen molar-refractivity contribution in [3.63, 3.8) is 0 Å². The fourth-order valence-corrected chi connectivity index (χ4v) is 5.20. The van der Waals surface area contributed by atoms with Crippen LogP contribution < -0.4 is 0 Å². The Kier molecular flexibility index (Phi) is 6.30. The number of piperidine rings is 1. The number of hydrogen-bond acceptors (Lipinski definition) is 4. The van der Waals surface area contributed by atoms with Gasteiger partial charge in [-0.15, -0.1) is 0 Å². The summed E-state index contributed by atoms with van der Waals surface area (Å²) in [5.41, 5.74) is 5.02. The number of aromatic nitrogens is 3. The van der Waals surface area contributed by atoms with Crippen LogP contribution in [0.15, 0.2) is 6.07 Å². The highest BCUT2D eigenvalue weighted by Crippen LogP contribution is 2.28. The number of carbonyl (C=O) groups is 2. The van der Waals surface area contributed by atoms with E-state index in [1.165, 1.54) is 6.42 Å². The van der Waals surface area contributed by atoms with Crippen LogP contribution in [0.1, 0.15) is 80.9 Å². The van der Waals surface area contributed by atoms with Crippen LogP contribution in [0.3, 0.4) is 0 Å². The summed E-state index contributed by atoms with van der Waals surface area (Å²) in [6.45, 7) is 10.6. The van der Waals surface area contributed by atoms with Crippen LogP contribution in [-0.2, 0) is 16.0 Å². The summed E-state index contributed by atoms with van der Waals surface area (Å²) in [4.78, 5) is 33.6. The van der Waals surface area contributed by atoms with Crippen LogP contribution in [0.25, 0.3) is 5.65 Å². The van der Waals surface area contributed by atoms with Gasteiger partial charge in [0, 0.05) is 61.9 Å². The number of hydrogen-bond donors (Lipinski definition) is 0. The predicted octanol–water partition coefficient (Wildman–Crippen LogP) is 3.41.